The molecule has 82 valence electrons. The summed E-state index contributed by atoms with van der Waals surface area (Å²) in [6.07, 6.45) is 1.89. The van der Waals surface area contributed by atoms with Crippen molar-refractivity contribution in [1.82, 2.24) is 4.90 Å². The van der Waals surface area contributed by atoms with E-state index < -0.39 is 5.97 Å². The molecule has 3 nitrogen and oxygen atoms in total. The first kappa shape index (κ1) is 11.5. The smallest absolute Gasteiger partial charge is 0.320 e. The van der Waals surface area contributed by atoms with Gasteiger partial charge in [0.2, 0.25) is 0 Å². The summed E-state index contributed by atoms with van der Waals surface area (Å²) >= 11 is 0. The molecule has 2 unspecified atom stereocenters. The van der Waals surface area contributed by atoms with E-state index in [9.17, 15) is 4.79 Å². The molecule has 0 aromatic carbocycles. The Bertz CT molecular complexity index is 220. The quantitative estimate of drug-likeness (QED) is 0.739. The largest absolute Gasteiger partial charge is 0.480 e. The average molecular weight is 199 g/mol. The fourth-order valence-electron chi connectivity index (χ4n) is 2.19. The van der Waals surface area contributed by atoms with E-state index in [0.717, 1.165) is 19.4 Å². The highest BCUT2D eigenvalue weighted by Crippen LogP contribution is 2.31. The van der Waals surface area contributed by atoms with E-state index >= 15 is 0 Å². The molecule has 1 aliphatic rings. The number of rotatable bonds is 2. The van der Waals surface area contributed by atoms with Crippen LogP contribution < -0.4 is 0 Å². The molecule has 1 saturated heterocycles. The summed E-state index contributed by atoms with van der Waals surface area (Å²) in [6.45, 7) is 9.32. The van der Waals surface area contributed by atoms with E-state index in [4.69, 9.17) is 5.11 Å². The number of carboxylic acid groups (broad SMARTS) is 1. The monoisotopic (exact) mass is 199 g/mol. The molecule has 1 N–H and O–H groups in total. The summed E-state index contributed by atoms with van der Waals surface area (Å²) < 4.78 is 0. The van der Waals surface area contributed by atoms with Crippen molar-refractivity contribution in [2.24, 2.45) is 5.92 Å². The predicted octanol–water partition coefficient (Wildman–Crippen LogP) is 1.97. The molecule has 1 aliphatic heterocycles. The Morgan fingerprint density at radius 1 is 1.50 bits per heavy atom. The van der Waals surface area contributed by atoms with E-state index in [0.29, 0.717) is 5.92 Å². The molecule has 1 fully saturated rings. The lowest BCUT2D eigenvalue weighted by atomic mass is 10.0. The Labute approximate surface area is 86.1 Å². The minimum atomic E-state index is -0.670. The molecule has 2 atom stereocenters. The highest BCUT2D eigenvalue weighted by atomic mass is 16.4. The van der Waals surface area contributed by atoms with Crippen LogP contribution in [0.3, 0.4) is 0 Å². The van der Waals surface area contributed by atoms with Crippen LogP contribution in [0.1, 0.15) is 40.5 Å². The summed E-state index contributed by atoms with van der Waals surface area (Å²) in [5.41, 5.74) is -0.0347. The predicted molar refractivity (Wildman–Crippen MR) is 56.3 cm³/mol. The van der Waals surface area contributed by atoms with Crippen molar-refractivity contribution in [2.45, 2.75) is 52.1 Å². The van der Waals surface area contributed by atoms with Gasteiger partial charge < -0.3 is 5.11 Å². The topological polar surface area (TPSA) is 40.5 Å². The molecule has 14 heavy (non-hydrogen) atoms. The van der Waals surface area contributed by atoms with E-state index in [1.54, 1.807) is 0 Å². The molecule has 1 heterocycles. The molecule has 0 aliphatic carbocycles. The van der Waals surface area contributed by atoms with Gasteiger partial charge >= 0.3 is 5.97 Å². The molecule has 0 radical (unpaired) electrons. The van der Waals surface area contributed by atoms with Crippen molar-refractivity contribution >= 4 is 5.97 Å². The normalized spacial score (nSPS) is 29.4. The van der Waals surface area contributed by atoms with E-state index in [1.807, 2.05) is 0 Å². The van der Waals surface area contributed by atoms with Crippen molar-refractivity contribution < 1.29 is 9.90 Å². The molecular formula is C11H21NO2. The van der Waals surface area contributed by atoms with Crippen molar-refractivity contribution in [3.8, 4) is 0 Å². The summed E-state index contributed by atoms with van der Waals surface area (Å²) in [5, 5.41) is 9.12. The van der Waals surface area contributed by atoms with Crippen LogP contribution >= 0.6 is 0 Å². The fraction of sp³-hybridized carbons (Fsp3) is 0.909. The molecular weight excluding hydrogens is 178 g/mol. The van der Waals surface area contributed by atoms with Crippen molar-refractivity contribution in [2.75, 3.05) is 6.54 Å². The molecule has 0 spiro atoms. The number of hydrogen-bond donors (Lipinski definition) is 1. The lowest BCUT2D eigenvalue weighted by Crippen LogP contribution is -2.47. The number of carbonyl (C=O) groups is 1. The molecule has 0 bridgehead atoms. The van der Waals surface area contributed by atoms with Crippen molar-refractivity contribution in [1.29, 1.82) is 0 Å². The number of nitrogens with zero attached hydrogens (tertiary/aromatic N) is 1. The number of hydrogen-bond acceptors (Lipinski definition) is 2. The maximum Gasteiger partial charge on any atom is 0.320 e. The van der Waals surface area contributed by atoms with Gasteiger partial charge in [0.25, 0.3) is 0 Å². The molecule has 1 rings (SSSR count). The zero-order valence-electron chi connectivity index (χ0n) is 9.58. The minimum absolute atomic E-state index is 0.0347. The van der Waals surface area contributed by atoms with Crippen LogP contribution in [0, 0.1) is 5.92 Å². The maximum absolute atomic E-state index is 11.1. The van der Waals surface area contributed by atoms with Gasteiger partial charge in [0.1, 0.15) is 6.04 Å². The van der Waals surface area contributed by atoms with Crippen LogP contribution in [0.25, 0.3) is 0 Å². The Hall–Kier alpha value is -0.570. The molecule has 3 heteroatoms. The Balaban J connectivity index is 2.77. The Kier molecular flexibility index (Phi) is 3.20. The fourth-order valence-corrected chi connectivity index (χ4v) is 2.19. The minimum Gasteiger partial charge on any atom is -0.480 e. The molecule has 0 amide bonds. The summed E-state index contributed by atoms with van der Waals surface area (Å²) in [4.78, 5) is 13.2. The van der Waals surface area contributed by atoms with Crippen LogP contribution in [-0.4, -0.2) is 34.1 Å². The Morgan fingerprint density at radius 3 is 2.36 bits per heavy atom. The van der Waals surface area contributed by atoms with Gasteiger partial charge in [-0.05, 0) is 33.1 Å². The third-order valence-electron chi connectivity index (χ3n) is 3.11. The summed E-state index contributed by atoms with van der Waals surface area (Å²) in [7, 11) is 0. The average Bonchev–Trinajstić information content (AvgIpc) is 2.46. The van der Waals surface area contributed by atoms with Crippen molar-refractivity contribution in [3.63, 3.8) is 0 Å². The van der Waals surface area contributed by atoms with E-state index in [2.05, 4.69) is 32.6 Å². The van der Waals surface area contributed by atoms with Crippen LogP contribution in [0.4, 0.5) is 0 Å². The highest BCUT2D eigenvalue weighted by Gasteiger charge is 2.41. The van der Waals surface area contributed by atoms with Crippen molar-refractivity contribution in [3.05, 3.63) is 0 Å². The van der Waals surface area contributed by atoms with Gasteiger partial charge in [-0.1, -0.05) is 13.3 Å². The van der Waals surface area contributed by atoms with Gasteiger partial charge in [-0.2, -0.15) is 0 Å². The van der Waals surface area contributed by atoms with Gasteiger partial charge in [0.05, 0.1) is 0 Å². The van der Waals surface area contributed by atoms with Gasteiger partial charge in [-0.25, -0.2) is 0 Å². The second-order valence-corrected chi connectivity index (χ2v) is 5.19. The standard InChI is InChI=1S/C11H21NO2/c1-5-8-6-9(10(13)14)12(7-8)11(2,3)4/h8-9H,5-7H2,1-4H3,(H,13,14). The lowest BCUT2D eigenvalue weighted by Gasteiger charge is -2.35. The van der Waals surface area contributed by atoms with E-state index in [-0.39, 0.29) is 11.6 Å². The van der Waals surface area contributed by atoms with E-state index in [1.165, 1.54) is 0 Å². The second-order valence-electron chi connectivity index (χ2n) is 5.19. The maximum atomic E-state index is 11.1. The number of aliphatic carboxylic acids is 1. The summed E-state index contributed by atoms with van der Waals surface area (Å²) in [6, 6.07) is -0.278. The van der Waals surface area contributed by atoms with Gasteiger partial charge in [0.15, 0.2) is 0 Å². The first-order valence-electron chi connectivity index (χ1n) is 5.35. The zero-order valence-corrected chi connectivity index (χ0v) is 9.58. The highest BCUT2D eigenvalue weighted by molar-refractivity contribution is 5.74. The first-order valence-corrected chi connectivity index (χ1v) is 5.35. The molecule has 0 aromatic rings. The van der Waals surface area contributed by atoms with Crippen LogP contribution in [0.15, 0.2) is 0 Å². The van der Waals surface area contributed by atoms with Gasteiger partial charge in [0, 0.05) is 12.1 Å². The SMILES string of the molecule is CCC1CC(C(=O)O)N(C(C)(C)C)C1. The third-order valence-corrected chi connectivity index (χ3v) is 3.11. The Morgan fingerprint density at radius 2 is 2.07 bits per heavy atom. The van der Waals surface area contributed by atoms with Gasteiger partial charge in [-0.15, -0.1) is 0 Å². The van der Waals surface area contributed by atoms with Crippen LogP contribution in [-0.2, 0) is 4.79 Å². The number of likely N-dealkylation sites (tertiary alicyclic amines) is 1. The molecule has 0 saturated carbocycles. The zero-order chi connectivity index (χ0) is 10.9. The second kappa shape index (κ2) is 3.89. The number of carboxylic acids is 1. The summed E-state index contributed by atoms with van der Waals surface area (Å²) in [5.74, 6) is -0.119. The van der Waals surface area contributed by atoms with Crippen LogP contribution in [0.5, 0.6) is 0 Å². The lowest BCUT2D eigenvalue weighted by molar-refractivity contribution is -0.143. The third kappa shape index (κ3) is 2.27. The van der Waals surface area contributed by atoms with Gasteiger partial charge in [-0.3, -0.25) is 9.69 Å². The van der Waals surface area contributed by atoms with Crippen LogP contribution in [0.2, 0.25) is 0 Å². The first-order chi connectivity index (χ1) is 6.36. The molecule has 0 aromatic heterocycles.